The van der Waals surface area contributed by atoms with Crippen molar-refractivity contribution in [1.82, 2.24) is 0 Å². The van der Waals surface area contributed by atoms with Crippen molar-refractivity contribution in [2.75, 3.05) is 11.8 Å². The minimum atomic E-state index is -0.395. The Kier molecular flexibility index (Phi) is 8.44. The first kappa shape index (κ1) is 20.3. The molecule has 0 aliphatic rings. The fourth-order valence-electron chi connectivity index (χ4n) is 1.82. The van der Waals surface area contributed by atoms with Gasteiger partial charge in [0.15, 0.2) is 0 Å². The van der Waals surface area contributed by atoms with Crippen LogP contribution in [0.25, 0.3) is 0 Å². The Morgan fingerprint density at radius 1 is 0.739 bits per heavy atom. The average molecular weight is 486 g/mol. The number of rotatable bonds is 8. The molecule has 2 aromatic carbocycles. The van der Waals surface area contributed by atoms with Crippen LogP contribution in [0.4, 0.5) is 0 Å². The van der Waals surface area contributed by atoms with Crippen LogP contribution in [-0.4, -0.2) is 24.5 Å². The van der Waals surface area contributed by atoms with Crippen LogP contribution in [0.1, 0.15) is 11.1 Å². The van der Waals surface area contributed by atoms with E-state index in [4.69, 9.17) is 48.5 Å². The van der Waals surface area contributed by atoms with Crippen molar-refractivity contribution in [2.45, 2.75) is 8.16 Å². The molecule has 2 atom stereocenters. The van der Waals surface area contributed by atoms with E-state index >= 15 is 0 Å². The van der Waals surface area contributed by atoms with E-state index in [1.807, 2.05) is 36.4 Å². The topological polar surface area (TPSA) is 0 Å². The van der Waals surface area contributed by atoms with Gasteiger partial charge in [-0.1, -0.05) is 0 Å². The Bertz CT molecular complexity index is 548. The Morgan fingerprint density at radius 2 is 1.09 bits per heavy atom. The molecule has 0 nitrogen and oxygen atoms in total. The summed E-state index contributed by atoms with van der Waals surface area (Å²) in [6.45, 7) is 0. The average Bonchev–Trinajstić information content (AvgIpc) is 2.63. The summed E-state index contributed by atoms with van der Waals surface area (Å²) in [4.78, 5) is 0. The van der Waals surface area contributed by atoms with Crippen molar-refractivity contribution >= 4 is 81.5 Å². The molecule has 0 saturated heterocycles. The molecular weight excluding hydrogens is 470 g/mol. The van der Waals surface area contributed by atoms with Crippen molar-refractivity contribution < 1.29 is 0 Å². The summed E-state index contributed by atoms with van der Waals surface area (Å²) < 4.78 is -0.791. The molecule has 0 aliphatic carbocycles. The SMILES string of the molecule is SC(CCl)(S[Se]SC(S)(CCl)c1ccccc1)c1ccccc1. The third-order valence-corrected chi connectivity index (χ3v) is 15.7. The van der Waals surface area contributed by atoms with E-state index in [2.05, 4.69) is 24.3 Å². The van der Waals surface area contributed by atoms with Crippen LogP contribution in [0.3, 0.4) is 0 Å². The summed E-state index contributed by atoms with van der Waals surface area (Å²) in [7, 11) is 3.53. The molecular formula is C16H16Cl2S4Se. The standard InChI is InChI=1S/C16H16Cl2S4Se/c17-11-15(19,13-7-3-1-4-8-13)21-23-22-16(20,12-18)14-9-5-2-6-10-14/h1-10,19-20H,11-12H2. The Morgan fingerprint density at radius 3 is 1.39 bits per heavy atom. The Labute approximate surface area is 172 Å². The van der Waals surface area contributed by atoms with E-state index in [1.165, 1.54) is 0 Å². The first-order valence-electron chi connectivity index (χ1n) is 6.75. The van der Waals surface area contributed by atoms with Gasteiger partial charge in [0, 0.05) is 0 Å². The van der Waals surface area contributed by atoms with E-state index in [0.717, 1.165) is 11.1 Å². The predicted molar refractivity (Wildman–Crippen MR) is 117 cm³/mol. The molecule has 2 aromatic rings. The van der Waals surface area contributed by atoms with Crippen LogP contribution < -0.4 is 0 Å². The van der Waals surface area contributed by atoms with E-state index in [9.17, 15) is 0 Å². The van der Waals surface area contributed by atoms with Crippen molar-refractivity contribution in [1.29, 1.82) is 0 Å². The quantitative estimate of drug-likeness (QED) is 0.202. The summed E-state index contributed by atoms with van der Waals surface area (Å²) in [5.41, 5.74) is 2.25. The van der Waals surface area contributed by atoms with Crippen LogP contribution in [0, 0.1) is 0 Å². The van der Waals surface area contributed by atoms with Crippen LogP contribution in [0.2, 0.25) is 0 Å². The fraction of sp³-hybridized carbons (Fsp3) is 0.250. The first-order valence-corrected chi connectivity index (χ1v) is 14.4. The molecule has 0 amide bonds. The molecule has 0 heterocycles. The molecule has 124 valence electrons. The Hall–Kier alpha value is 0.939. The van der Waals surface area contributed by atoms with Gasteiger partial charge in [-0.3, -0.25) is 0 Å². The van der Waals surface area contributed by atoms with Crippen LogP contribution in [0.15, 0.2) is 60.7 Å². The van der Waals surface area contributed by atoms with Crippen molar-refractivity contribution in [3.05, 3.63) is 71.8 Å². The molecule has 0 aliphatic heterocycles. The maximum absolute atomic E-state index is 6.20. The summed E-state index contributed by atoms with van der Waals surface area (Å²) in [6.07, 6.45) is 0. The number of thiol groups is 2. The van der Waals surface area contributed by atoms with Gasteiger partial charge < -0.3 is 0 Å². The molecule has 0 aromatic heterocycles. The second-order valence-corrected chi connectivity index (χ2v) is 14.4. The molecule has 23 heavy (non-hydrogen) atoms. The number of alkyl halides is 2. The number of halogens is 2. The molecule has 0 bridgehead atoms. The summed E-state index contributed by atoms with van der Waals surface area (Å²) >= 11 is 22.2. The summed E-state index contributed by atoms with van der Waals surface area (Å²) in [6, 6.07) is 20.3. The molecule has 2 rings (SSSR count). The third-order valence-electron chi connectivity index (χ3n) is 3.16. The van der Waals surface area contributed by atoms with Gasteiger partial charge in [0.25, 0.3) is 0 Å². The van der Waals surface area contributed by atoms with Gasteiger partial charge in [0.05, 0.1) is 0 Å². The van der Waals surface area contributed by atoms with Gasteiger partial charge in [0.2, 0.25) is 0 Å². The third kappa shape index (κ3) is 5.46. The van der Waals surface area contributed by atoms with Crippen LogP contribution in [-0.2, 0) is 8.16 Å². The monoisotopic (exact) mass is 486 g/mol. The zero-order valence-corrected chi connectivity index (χ0v) is 18.7. The number of benzene rings is 2. The molecule has 0 saturated carbocycles. The molecule has 7 heteroatoms. The number of hydrogen-bond acceptors (Lipinski definition) is 4. The molecule has 0 N–H and O–H groups in total. The molecule has 0 radical (unpaired) electrons. The van der Waals surface area contributed by atoms with Crippen molar-refractivity contribution in [3.63, 3.8) is 0 Å². The second-order valence-electron chi connectivity index (χ2n) is 4.80. The normalized spacial score (nSPS) is 16.5. The minimum absolute atomic E-state index is 0.166. The van der Waals surface area contributed by atoms with E-state index in [0.29, 0.717) is 11.8 Å². The molecule has 0 fully saturated rings. The molecule has 0 spiro atoms. The van der Waals surface area contributed by atoms with Crippen LogP contribution >= 0.6 is 68.8 Å². The maximum atomic E-state index is 6.20. The fourth-order valence-corrected chi connectivity index (χ4v) is 14.9. The first-order chi connectivity index (χ1) is 11.0. The summed E-state index contributed by atoms with van der Waals surface area (Å²) in [5, 5.41) is 0. The van der Waals surface area contributed by atoms with E-state index in [-0.39, 0.29) is 12.7 Å². The Balaban J connectivity index is 2.05. The number of hydrogen-bond donors (Lipinski definition) is 2. The van der Waals surface area contributed by atoms with E-state index in [1.54, 1.807) is 20.4 Å². The van der Waals surface area contributed by atoms with Gasteiger partial charge in [-0.15, -0.1) is 0 Å². The van der Waals surface area contributed by atoms with E-state index < -0.39 is 8.16 Å². The van der Waals surface area contributed by atoms with Gasteiger partial charge in [0.1, 0.15) is 0 Å². The molecule has 2 unspecified atom stereocenters. The zero-order valence-electron chi connectivity index (χ0n) is 12.1. The van der Waals surface area contributed by atoms with Gasteiger partial charge >= 0.3 is 173 Å². The van der Waals surface area contributed by atoms with Gasteiger partial charge in [-0.25, -0.2) is 0 Å². The second kappa shape index (κ2) is 9.59. The van der Waals surface area contributed by atoms with Gasteiger partial charge in [-0.2, -0.15) is 0 Å². The van der Waals surface area contributed by atoms with Crippen LogP contribution in [0.5, 0.6) is 0 Å². The predicted octanol–water partition coefficient (Wildman–Crippen LogP) is 6.03. The summed E-state index contributed by atoms with van der Waals surface area (Å²) in [5.74, 6) is 0.887. The van der Waals surface area contributed by atoms with Crippen molar-refractivity contribution in [3.8, 4) is 0 Å². The van der Waals surface area contributed by atoms with Crippen molar-refractivity contribution in [2.24, 2.45) is 0 Å². The van der Waals surface area contributed by atoms with Gasteiger partial charge in [-0.05, 0) is 0 Å². The zero-order chi connectivity index (χ0) is 16.8.